The van der Waals surface area contributed by atoms with Crippen LogP contribution in [0.15, 0.2) is 67.8 Å². The number of alkyl halides is 2. The topological polar surface area (TPSA) is 202 Å². The number of nitrogens with zero attached hydrogens (tertiary/aromatic N) is 9. The van der Waals surface area contributed by atoms with E-state index in [0.29, 0.717) is 41.7 Å². The van der Waals surface area contributed by atoms with Gasteiger partial charge in [-0.1, -0.05) is 58.0 Å². The molecule has 2 N–H and O–H groups in total. The van der Waals surface area contributed by atoms with E-state index in [1.807, 2.05) is 25.2 Å². The molecule has 3 unspecified atom stereocenters. The Balaban J connectivity index is 1.10. The first kappa shape index (κ1) is 43.6. The fraction of sp³-hybridized carbons (Fsp3) is 0.513. The monoisotopic (exact) mass is 868 g/mol. The molecule has 5 aromatic rings. The standard InChI is InChI=1S/C39H48F2N9O8PSi/c1-7-25-31(57-59(53)54)27(40)37(55-25)49-21-46-29-24(42-19-43-33(29)49)16-12-9-13-17-48(36(52)23-14-10-8-11-15-23)34-30-35(45-20-44-34)50(22-47-30)38-28(41)32(26(18-51)56-38)58-60(5,6)39(2,3)4/h8-11,13-15,19-22,25-28,31-32,37-38,51H,7,12,16-18H2,1-6H3/p+1/b13-9+/t25-,26-,27-,28-,31-,32-,37?,38?/m1/s1. The first-order valence-corrected chi connectivity index (χ1v) is 23.8. The van der Waals surface area contributed by atoms with Crippen molar-refractivity contribution in [3.63, 3.8) is 0 Å². The second kappa shape index (κ2) is 17.8. The van der Waals surface area contributed by atoms with Crippen LogP contribution < -0.4 is 4.90 Å². The van der Waals surface area contributed by atoms with Crippen LogP contribution in [0.4, 0.5) is 14.6 Å². The van der Waals surface area contributed by atoms with Gasteiger partial charge < -0.3 is 19.0 Å². The summed E-state index contributed by atoms with van der Waals surface area (Å²) in [6, 6.07) is 8.70. The Kier molecular flexibility index (Phi) is 12.9. The van der Waals surface area contributed by atoms with Crippen molar-refractivity contribution in [1.29, 1.82) is 0 Å². The maximum atomic E-state index is 16.4. The van der Waals surface area contributed by atoms with E-state index >= 15 is 8.78 Å². The summed E-state index contributed by atoms with van der Waals surface area (Å²) in [5, 5.41) is 9.99. The van der Waals surface area contributed by atoms with Crippen LogP contribution in [0.2, 0.25) is 18.1 Å². The maximum Gasteiger partial charge on any atom is 0.695 e. The number of hydrogen-bond acceptors (Lipinski definition) is 13. The highest BCUT2D eigenvalue weighted by Crippen LogP contribution is 2.43. The van der Waals surface area contributed by atoms with Gasteiger partial charge in [-0.25, -0.2) is 38.7 Å². The Morgan fingerprint density at radius 2 is 1.53 bits per heavy atom. The summed E-state index contributed by atoms with van der Waals surface area (Å²) in [7, 11) is -5.49. The van der Waals surface area contributed by atoms with Crippen LogP contribution >= 0.6 is 8.25 Å². The third-order valence-corrected chi connectivity index (χ3v) is 16.3. The summed E-state index contributed by atoms with van der Waals surface area (Å²) in [5.41, 5.74) is 2.26. The van der Waals surface area contributed by atoms with Gasteiger partial charge in [-0.15, -0.1) is 9.42 Å². The molecule has 2 aliphatic rings. The summed E-state index contributed by atoms with van der Waals surface area (Å²) < 4.78 is 69.4. The van der Waals surface area contributed by atoms with Crippen LogP contribution in [0.5, 0.6) is 0 Å². The Labute approximate surface area is 346 Å². The summed E-state index contributed by atoms with van der Waals surface area (Å²) in [6.07, 6.45) is 0.696. The van der Waals surface area contributed by atoms with E-state index in [1.165, 1.54) is 39.3 Å². The fourth-order valence-corrected chi connectivity index (χ4v) is 8.99. The van der Waals surface area contributed by atoms with Crippen LogP contribution in [-0.2, 0) is 29.4 Å². The van der Waals surface area contributed by atoms with Crippen LogP contribution in [0.1, 0.15) is 69.0 Å². The number of aliphatic hydroxyl groups excluding tert-OH is 1. The number of anilines is 1. The second-order valence-electron chi connectivity index (χ2n) is 16.2. The highest BCUT2D eigenvalue weighted by atomic mass is 31.1. The molecule has 9 atom stereocenters. The van der Waals surface area contributed by atoms with E-state index in [-0.39, 0.29) is 34.5 Å². The molecular formula is C39H49F2N9O8PSi+. The summed E-state index contributed by atoms with van der Waals surface area (Å²) in [6.45, 7) is 11.6. The molecule has 0 radical (unpaired) electrons. The minimum Gasteiger partial charge on any atom is -0.408 e. The van der Waals surface area contributed by atoms with E-state index in [9.17, 15) is 19.4 Å². The molecule has 0 saturated carbocycles. The number of aliphatic hydroxyl groups is 1. The molecule has 6 heterocycles. The lowest BCUT2D eigenvalue weighted by atomic mass is 10.1. The SMILES string of the molecule is CC[C@H]1OC(n2cnc3c(CC/C=C/CN(C(=O)c4ccccc4)c4ncnc5c4ncn5C4O[C@H](CO)[C@@H](O[Si](C)(C)C(C)(C)C)[C@H]4F)ncnc32)[C@H](F)[C@@H]1O[P+](=O)O. The first-order valence-electron chi connectivity index (χ1n) is 19.7. The molecule has 7 rings (SSSR count). The number of halogens is 2. The Morgan fingerprint density at radius 3 is 2.17 bits per heavy atom. The molecule has 0 bridgehead atoms. The molecule has 2 aliphatic heterocycles. The molecule has 4 aromatic heterocycles. The number of aryl methyl sites for hydroxylation is 1. The molecule has 1 amide bonds. The number of allylic oxidation sites excluding steroid dienone is 1. The van der Waals surface area contributed by atoms with Crippen molar-refractivity contribution < 1.29 is 46.6 Å². The average Bonchev–Trinajstić information content (AvgIpc) is 3.99. The van der Waals surface area contributed by atoms with E-state index < -0.39 is 72.4 Å². The zero-order valence-corrected chi connectivity index (χ0v) is 36.0. The van der Waals surface area contributed by atoms with Crippen LogP contribution in [0, 0.1) is 0 Å². The number of amides is 1. The summed E-state index contributed by atoms with van der Waals surface area (Å²) in [4.78, 5) is 51.5. The van der Waals surface area contributed by atoms with Gasteiger partial charge in [0.25, 0.3) is 5.91 Å². The molecule has 60 heavy (non-hydrogen) atoms. The average molecular weight is 869 g/mol. The molecule has 320 valence electrons. The van der Waals surface area contributed by atoms with Crippen LogP contribution in [-0.4, -0.2) is 113 Å². The van der Waals surface area contributed by atoms with Crippen molar-refractivity contribution in [1.82, 2.24) is 39.0 Å². The van der Waals surface area contributed by atoms with E-state index in [1.54, 1.807) is 37.3 Å². The second-order valence-corrected chi connectivity index (χ2v) is 21.7. The number of ether oxygens (including phenoxy) is 2. The minimum absolute atomic E-state index is 0.0827. The molecule has 1 aromatic carbocycles. The maximum absolute atomic E-state index is 16.4. The molecule has 2 saturated heterocycles. The smallest absolute Gasteiger partial charge is 0.408 e. The van der Waals surface area contributed by atoms with E-state index in [0.717, 1.165) is 0 Å². The van der Waals surface area contributed by atoms with Gasteiger partial charge in [0.2, 0.25) is 0 Å². The van der Waals surface area contributed by atoms with E-state index in [2.05, 4.69) is 50.7 Å². The summed E-state index contributed by atoms with van der Waals surface area (Å²) in [5.74, 6) is -0.156. The highest BCUT2D eigenvalue weighted by molar-refractivity contribution is 7.32. The largest absolute Gasteiger partial charge is 0.695 e. The predicted molar refractivity (Wildman–Crippen MR) is 218 cm³/mol. The van der Waals surface area contributed by atoms with Crippen molar-refractivity contribution in [2.24, 2.45) is 0 Å². The zero-order valence-electron chi connectivity index (χ0n) is 34.1. The molecule has 2 fully saturated rings. The lowest BCUT2D eigenvalue weighted by Crippen LogP contribution is -2.49. The number of carbonyl (C=O) groups excluding carboxylic acids is 1. The third-order valence-electron chi connectivity index (χ3n) is 11.4. The predicted octanol–water partition coefficient (Wildman–Crippen LogP) is 6.10. The van der Waals surface area contributed by atoms with Gasteiger partial charge >= 0.3 is 8.25 Å². The molecule has 0 aliphatic carbocycles. The summed E-state index contributed by atoms with van der Waals surface area (Å²) >= 11 is 0. The highest BCUT2D eigenvalue weighted by Gasteiger charge is 2.52. The van der Waals surface area contributed by atoms with Gasteiger partial charge in [-0.3, -0.25) is 18.8 Å². The number of benzene rings is 1. The van der Waals surface area contributed by atoms with Crippen LogP contribution in [0.25, 0.3) is 22.3 Å². The van der Waals surface area contributed by atoms with Crippen molar-refractivity contribution in [2.75, 3.05) is 18.1 Å². The lowest BCUT2D eigenvalue weighted by molar-refractivity contribution is -0.0445. The zero-order chi connectivity index (χ0) is 42.9. The molecule has 17 nitrogen and oxygen atoms in total. The van der Waals surface area contributed by atoms with Gasteiger partial charge in [-0.05, 0) is 49.5 Å². The number of hydrogen-bond donors (Lipinski definition) is 2. The fourth-order valence-electron chi connectivity index (χ4n) is 7.21. The van der Waals surface area contributed by atoms with Gasteiger partial charge in [0.1, 0.15) is 30.4 Å². The Morgan fingerprint density at radius 1 is 0.917 bits per heavy atom. The van der Waals surface area contributed by atoms with Crippen molar-refractivity contribution in [3.05, 3.63) is 79.1 Å². The van der Waals surface area contributed by atoms with Gasteiger partial charge in [0, 0.05) is 16.7 Å². The number of rotatable bonds is 15. The molecular weight excluding hydrogens is 820 g/mol. The number of fused-ring (bicyclic) bond motifs is 2. The van der Waals surface area contributed by atoms with Gasteiger partial charge in [0.05, 0.1) is 31.1 Å². The van der Waals surface area contributed by atoms with Crippen molar-refractivity contribution in [2.45, 2.75) is 114 Å². The Hall–Kier alpha value is -4.53. The number of imidazole rings is 2. The lowest BCUT2D eigenvalue weighted by Gasteiger charge is -2.39. The Bertz CT molecular complexity index is 2350. The van der Waals surface area contributed by atoms with Gasteiger partial charge in [-0.2, -0.15) is 0 Å². The van der Waals surface area contributed by atoms with Crippen LogP contribution in [0.3, 0.4) is 0 Å². The minimum atomic E-state index is -3.04. The molecule has 0 spiro atoms. The molecule has 21 heteroatoms. The third kappa shape index (κ3) is 8.52. The van der Waals surface area contributed by atoms with Crippen molar-refractivity contribution in [3.8, 4) is 0 Å². The first-order chi connectivity index (χ1) is 28.6. The van der Waals surface area contributed by atoms with E-state index in [4.69, 9.17) is 18.4 Å². The number of carbonyl (C=O) groups is 1. The normalized spacial score (nSPS) is 25.2. The quantitative estimate of drug-likeness (QED) is 0.0694. The number of aromatic nitrogens is 8. The van der Waals surface area contributed by atoms with Gasteiger partial charge in [0.15, 0.2) is 61.8 Å². The van der Waals surface area contributed by atoms with Crippen molar-refractivity contribution >= 4 is 50.6 Å².